The molecule has 14 heteroatoms. The number of benzene rings is 1. The standard InChI is InChI=1S/C32H30Cl3F2N7O2/c1-6-20(45)43-10-9-42(13-16(43)5)30-17-11-19(33)28(21-24(36)22(34)23(35)26(39)25(21)37)41-31(17)44(32(46)18(30)12-38)29-15(4)7-8-40-27(29)14(2)3/h6-8,11,14,16,27,40H,1,9-10,13,39H2,2-5H3/t16-,27?/m1/s1. The Balaban J connectivity index is 1.91. The summed E-state index contributed by atoms with van der Waals surface area (Å²) in [4.78, 5) is 35.0. The van der Waals surface area contributed by atoms with Crippen LogP contribution >= 0.6 is 34.8 Å². The van der Waals surface area contributed by atoms with Gasteiger partial charge in [0.05, 0.1) is 49.4 Å². The van der Waals surface area contributed by atoms with Crippen molar-refractivity contribution in [2.45, 2.75) is 39.8 Å². The number of nitrogen functional groups attached to an aromatic ring is 1. The second-order valence-corrected chi connectivity index (χ2v) is 12.7. The number of nitrogens with zero attached hydrogens (tertiary/aromatic N) is 5. The minimum atomic E-state index is -1.23. The van der Waals surface area contributed by atoms with Crippen molar-refractivity contribution in [2.75, 3.05) is 30.3 Å². The first-order valence-electron chi connectivity index (χ1n) is 14.4. The van der Waals surface area contributed by atoms with E-state index in [9.17, 15) is 14.9 Å². The van der Waals surface area contributed by atoms with Gasteiger partial charge in [0.1, 0.15) is 17.3 Å². The molecule has 4 heterocycles. The molecule has 1 saturated heterocycles. The number of pyridine rings is 2. The van der Waals surface area contributed by atoms with E-state index in [1.807, 2.05) is 32.6 Å². The average Bonchev–Trinajstić information content (AvgIpc) is 3.02. The minimum Gasteiger partial charge on any atom is -0.395 e. The molecule has 1 amide bonds. The highest BCUT2D eigenvalue weighted by molar-refractivity contribution is 6.44. The van der Waals surface area contributed by atoms with E-state index in [-0.39, 0.29) is 70.5 Å². The van der Waals surface area contributed by atoms with Crippen LogP contribution in [-0.4, -0.2) is 52.1 Å². The van der Waals surface area contributed by atoms with Gasteiger partial charge in [-0.05, 0) is 49.8 Å². The Bertz CT molecular complexity index is 1950. The lowest BCUT2D eigenvalue weighted by Gasteiger charge is -2.41. The molecule has 1 aromatic carbocycles. The van der Waals surface area contributed by atoms with Gasteiger partial charge in [-0.1, -0.05) is 55.2 Å². The number of fused-ring (bicyclic) bond motifs is 1. The number of nitrogens with two attached hydrogens (primary N) is 1. The van der Waals surface area contributed by atoms with Gasteiger partial charge in [-0.25, -0.2) is 13.8 Å². The second-order valence-electron chi connectivity index (χ2n) is 11.5. The Hall–Kier alpha value is -4.11. The molecule has 2 aliphatic heterocycles. The van der Waals surface area contributed by atoms with Crippen LogP contribution in [-0.2, 0) is 4.79 Å². The molecule has 46 heavy (non-hydrogen) atoms. The number of nitriles is 1. The van der Waals surface area contributed by atoms with Gasteiger partial charge in [-0.2, -0.15) is 5.26 Å². The van der Waals surface area contributed by atoms with E-state index >= 15 is 8.78 Å². The van der Waals surface area contributed by atoms with Gasteiger partial charge in [0.25, 0.3) is 5.56 Å². The summed E-state index contributed by atoms with van der Waals surface area (Å²) < 4.78 is 32.5. The summed E-state index contributed by atoms with van der Waals surface area (Å²) in [5, 5.41) is 12.7. The zero-order valence-electron chi connectivity index (χ0n) is 25.4. The molecule has 240 valence electrons. The van der Waals surface area contributed by atoms with E-state index in [0.717, 1.165) is 0 Å². The average molecular weight is 689 g/mol. The number of amides is 1. The number of hydrogen-bond acceptors (Lipinski definition) is 7. The van der Waals surface area contributed by atoms with Gasteiger partial charge in [-0.3, -0.25) is 14.2 Å². The third-order valence-electron chi connectivity index (χ3n) is 8.34. The lowest BCUT2D eigenvalue weighted by molar-refractivity contribution is -0.128. The van der Waals surface area contributed by atoms with Crippen molar-refractivity contribution in [3.05, 3.63) is 79.2 Å². The maximum absolute atomic E-state index is 15.6. The molecule has 0 radical (unpaired) electrons. The number of carbonyl (C=O) groups is 1. The van der Waals surface area contributed by atoms with Crippen LogP contribution in [0, 0.1) is 28.9 Å². The SMILES string of the molecule is C=CC(=O)N1CCN(c2c(C#N)c(=O)n(C3=C(C)C=CNC3C(C)C)c3nc(-c4c(F)c(N)c(Cl)c(Cl)c4F)c(Cl)cc23)C[C@H]1C. The minimum absolute atomic E-state index is 0.00352. The van der Waals surface area contributed by atoms with Gasteiger partial charge in [0.15, 0.2) is 11.6 Å². The molecule has 3 N–H and O–H groups in total. The molecule has 3 aromatic rings. The van der Waals surface area contributed by atoms with E-state index in [1.54, 1.807) is 17.2 Å². The topological polar surface area (TPSA) is 120 Å². The second kappa shape index (κ2) is 12.6. The Morgan fingerprint density at radius 1 is 1.24 bits per heavy atom. The fourth-order valence-corrected chi connectivity index (χ4v) is 6.68. The number of dihydropyridines is 1. The summed E-state index contributed by atoms with van der Waals surface area (Å²) in [6.07, 6.45) is 4.77. The summed E-state index contributed by atoms with van der Waals surface area (Å²) in [6.45, 7) is 12.0. The van der Waals surface area contributed by atoms with Crippen LogP contribution in [0.15, 0.2) is 41.4 Å². The fourth-order valence-electron chi connectivity index (χ4n) is 6.07. The van der Waals surface area contributed by atoms with Crippen LogP contribution in [0.2, 0.25) is 15.1 Å². The van der Waals surface area contributed by atoms with Crippen LogP contribution in [0.5, 0.6) is 0 Å². The van der Waals surface area contributed by atoms with Gasteiger partial charge in [0, 0.05) is 31.1 Å². The molecule has 0 bridgehead atoms. The predicted octanol–water partition coefficient (Wildman–Crippen LogP) is 6.35. The van der Waals surface area contributed by atoms with Crippen LogP contribution < -0.4 is 21.5 Å². The molecule has 2 aliphatic rings. The first-order chi connectivity index (χ1) is 21.7. The Morgan fingerprint density at radius 3 is 2.54 bits per heavy atom. The zero-order valence-corrected chi connectivity index (χ0v) is 27.7. The summed E-state index contributed by atoms with van der Waals surface area (Å²) in [6, 6.07) is 2.80. The number of aromatic nitrogens is 2. The Morgan fingerprint density at radius 2 is 1.93 bits per heavy atom. The molecular formula is C32H30Cl3F2N7O2. The molecule has 9 nitrogen and oxygen atoms in total. The zero-order chi connectivity index (χ0) is 33.8. The highest BCUT2D eigenvalue weighted by Gasteiger charge is 2.34. The Labute approximate surface area is 279 Å². The van der Waals surface area contributed by atoms with Crippen LogP contribution in [0.4, 0.5) is 20.2 Å². The fraction of sp³-hybridized carbons (Fsp3) is 0.312. The van der Waals surface area contributed by atoms with E-state index in [2.05, 4.69) is 22.9 Å². The van der Waals surface area contributed by atoms with Crippen molar-refractivity contribution >= 4 is 68.8 Å². The molecule has 0 aliphatic carbocycles. The van der Waals surface area contributed by atoms with Crippen molar-refractivity contribution in [3.63, 3.8) is 0 Å². The largest absolute Gasteiger partial charge is 0.395 e. The van der Waals surface area contributed by atoms with Crippen LogP contribution in [0.1, 0.15) is 33.3 Å². The number of nitrogens with one attached hydrogen (secondary N) is 1. The maximum Gasteiger partial charge on any atom is 0.276 e. The van der Waals surface area contributed by atoms with Crippen molar-refractivity contribution in [3.8, 4) is 17.3 Å². The van der Waals surface area contributed by atoms with E-state index in [1.165, 1.54) is 16.7 Å². The first kappa shape index (κ1) is 33.3. The monoisotopic (exact) mass is 687 g/mol. The predicted molar refractivity (Wildman–Crippen MR) is 179 cm³/mol. The van der Waals surface area contributed by atoms with Gasteiger partial charge in [0.2, 0.25) is 5.91 Å². The van der Waals surface area contributed by atoms with Crippen LogP contribution in [0.25, 0.3) is 28.0 Å². The van der Waals surface area contributed by atoms with Crippen molar-refractivity contribution < 1.29 is 13.6 Å². The lowest BCUT2D eigenvalue weighted by Crippen LogP contribution is -2.54. The highest BCUT2D eigenvalue weighted by atomic mass is 35.5. The van der Waals surface area contributed by atoms with Gasteiger partial charge < -0.3 is 20.9 Å². The highest BCUT2D eigenvalue weighted by Crippen LogP contribution is 2.44. The van der Waals surface area contributed by atoms with E-state index in [4.69, 9.17) is 40.5 Å². The molecular weight excluding hydrogens is 659 g/mol. The summed E-state index contributed by atoms with van der Waals surface area (Å²) in [5.41, 5.74) is 4.72. The number of halogens is 5. The van der Waals surface area contributed by atoms with Crippen LogP contribution in [0.3, 0.4) is 0 Å². The van der Waals surface area contributed by atoms with Gasteiger partial charge >= 0.3 is 0 Å². The molecule has 5 rings (SSSR count). The third-order valence-corrected chi connectivity index (χ3v) is 9.47. The number of carbonyl (C=O) groups excluding carboxylic acids is 1. The van der Waals surface area contributed by atoms with E-state index < -0.39 is 44.5 Å². The normalized spacial score (nSPS) is 18.3. The molecule has 1 fully saturated rings. The van der Waals surface area contributed by atoms with Crippen molar-refractivity contribution in [2.24, 2.45) is 5.92 Å². The summed E-state index contributed by atoms with van der Waals surface area (Å²) in [7, 11) is 0. The first-order valence-corrected chi connectivity index (χ1v) is 15.5. The number of allylic oxidation sites excluding steroid dienone is 2. The number of hydrogen-bond donors (Lipinski definition) is 2. The molecule has 1 unspecified atom stereocenters. The summed E-state index contributed by atoms with van der Waals surface area (Å²) >= 11 is 18.8. The molecule has 2 aromatic heterocycles. The van der Waals surface area contributed by atoms with Crippen molar-refractivity contribution in [1.29, 1.82) is 5.26 Å². The van der Waals surface area contributed by atoms with E-state index in [0.29, 0.717) is 11.3 Å². The lowest BCUT2D eigenvalue weighted by atomic mass is 9.94. The summed E-state index contributed by atoms with van der Waals surface area (Å²) in [5.74, 6) is -2.73. The number of rotatable bonds is 5. The van der Waals surface area contributed by atoms with Gasteiger partial charge in [-0.15, -0.1) is 0 Å². The Kier molecular flexibility index (Phi) is 9.10. The molecule has 2 atom stereocenters. The third kappa shape index (κ3) is 5.28. The maximum atomic E-state index is 15.6. The molecule has 0 spiro atoms. The smallest absolute Gasteiger partial charge is 0.276 e. The van der Waals surface area contributed by atoms with Crippen molar-refractivity contribution in [1.82, 2.24) is 19.8 Å². The number of anilines is 2. The molecule has 0 saturated carbocycles. The quantitative estimate of drug-likeness (QED) is 0.139. The number of piperazine rings is 1.